The van der Waals surface area contributed by atoms with E-state index in [2.05, 4.69) is 5.32 Å². The highest BCUT2D eigenvalue weighted by molar-refractivity contribution is 5.73. The Hall–Kier alpha value is -1.10. The van der Waals surface area contributed by atoms with E-state index in [1.807, 2.05) is 20.8 Å². The summed E-state index contributed by atoms with van der Waals surface area (Å²) in [5.74, 6) is -1.60. The van der Waals surface area contributed by atoms with Crippen molar-refractivity contribution >= 4 is 11.9 Å². The molecule has 0 bridgehead atoms. The minimum atomic E-state index is -0.824. The Kier molecular flexibility index (Phi) is 7.59. The number of unbranched alkanes of at least 4 members (excludes halogenated alkanes) is 2. The standard InChI is InChI=1S/C13H25NO4/c1-13(2,3)9-10(12(17)18)14-8-6-4-5-7-11(15)16/h10,14H,4-9H2,1-3H3,(H,15,16)(H,17,18)/t10-/m0/s1. The van der Waals surface area contributed by atoms with Crippen molar-refractivity contribution in [1.29, 1.82) is 0 Å². The summed E-state index contributed by atoms with van der Waals surface area (Å²) in [6, 6.07) is -0.524. The summed E-state index contributed by atoms with van der Waals surface area (Å²) in [4.78, 5) is 21.3. The Labute approximate surface area is 109 Å². The SMILES string of the molecule is CC(C)(C)C[C@H](NCCCCCC(=O)O)C(=O)O. The molecule has 5 heteroatoms. The largest absolute Gasteiger partial charge is 0.481 e. The number of rotatable bonds is 9. The molecule has 18 heavy (non-hydrogen) atoms. The maximum atomic E-state index is 11.0. The average Bonchev–Trinajstić information content (AvgIpc) is 2.18. The summed E-state index contributed by atoms with van der Waals surface area (Å²) >= 11 is 0. The number of carboxylic acids is 2. The van der Waals surface area contributed by atoms with Crippen LogP contribution in [-0.2, 0) is 9.59 Å². The summed E-state index contributed by atoms with van der Waals surface area (Å²) in [6.07, 6.45) is 3.03. The van der Waals surface area contributed by atoms with E-state index in [4.69, 9.17) is 10.2 Å². The highest BCUT2D eigenvalue weighted by atomic mass is 16.4. The maximum Gasteiger partial charge on any atom is 0.320 e. The lowest BCUT2D eigenvalue weighted by molar-refractivity contribution is -0.140. The molecular weight excluding hydrogens is 234 g/mol. The molecule has 0 unspecified atom stereocenters. The van der Waals surface area contributed by atoms with Crippen LogP contribution in [-0.4, -0.2) is 34.7 Å². The summed E-state index contributed by atoms with van der Waals surface area (Å²) in [5, 5.41) is 20.6. The Morgan fingerprint density at radius 2 is 1.72 bits per heavy atom. The first-order chi connectivity index (χ1) is 8.22. The number of carbonyl (C=O) groups is 2. The highest BCUT2D eigenvalue weighted by Crippen LogP contribution is 2.20. The lowest BCUT2D eigenvalue weighted by atomic mass is 9.88. The third-order valence-electron chi connectivity index (χ3n) is 2.57. The number of nitrogens with one attached hydrogen (secondary N) is 1. The van der Waals surface area contributed by atoms with E-state index in [9.17, 15) is 9.59 Å². The minimum absolute atomic E-state index is 0.0284. The molecule has 1 atom stereocenters. The van der Waals surface area contributed by atoms with Crippen molar-refractivity contribution in [2.24, 2.45) is 5.41 Å². The second kappa shape index (κ2) is 8.08. The molecule has 3 N–H and O–H groups in total. The van der Waals surface area contributed by atoms with E-state index in [1.165, 1.54) is 0 Å². The molecule has 0 saturated carbocycles. The summed E-state index contributed by atoms with van der Waals surface area (Å²) in [6.45, 7) is 6.65. The predicted molar refractivity (Wildman–Crippen MR) is 69.6 cm³/mol. The smallest absolute Gasteiger partial charge is 0.320 e. The van der Waals surface area contributed by atoms with Gasteiger partial charge in [-0.25, -0.2) is 0 Å². The van der Waals surface area contributed by atoms with Gasteiger partial charge >= 0.3 is 11.9 Å². The third kappa shape index (κ3) is 10.1. The van der Waals surface area contributed by atoms with Gasteiger partial charge in [-0.05, 0) is 31.2 Å². The molecular formula is C13H25NO4. The van der Waals surface area contributed by atoms with Gasteiger partial charge in [-0.1, -0.05) is 27.2 Å². The first-order valence-corrected chi connectivity index (χ1v) is 6.40. The Morgan fingerprint density at radius 3 is 2.17 bits per heavy atom. The topological polar surface area (TPSA) is 86.6 Å². The zero-order valence-corrected chi connectivity index (χ0v) is 11.5. The fourth-order valence-corrected chi connectivity index (χ4v) is 1.71. The third-order valence-corrected chi connectivity index (χ3v) is 2.57. The van der Waals surface area contributed by atoms with Crippen LogP contribution in [0.3, 0.4) is 0 Å². The molecule has 0 heterocycles. The average molecular weight is 259 g/mol. The first kappa shape index (κ1) is 16.9. The van der Waals surface area contributed by atoms with Crippen molar-refractivity contribution < 1.29 is 19.8 Å². The molecule has 5 nitrogen and oxygen atoms in total. The van der Waals surface area contributed by atoms with Gasteiger partial charge in [0, 0.05) is 6.42 Å². The second-order valence-corrected chi connectivity index (χ2v) is 5.81. The molecule has 0 rings (SSSR count). The molecule has 0 saturated heterocycles. The van der Waals surface area contributed by atoms with Gasteiger partial charge in [0.2, 0.25) is 0 Å². The molecule has 0 aromatic carbocycles. The Balaban J connectivity index is 3.78. The molecule has 0 aliphatic rings. The monoisotopic (exact) mass is 259 g/mol. The second-order valence-electron chi connectivity index (χ2n) is 5.81. The minimum Gasteiger partial charge on any atom is -0.481 e. The van der Waals surface area contributed by atoms with Crippen molar-refractivity contribution in [3.05, 3.63) is 0 Å². The molecule has 0 aliphatic carbocycles. The van der Waals surface area contributed by atoms with Gasteiger partial charge in [0.05, 0.1) is 0 Å². The van der Waals surface area contributed by atoms with Gasteiger partial charge in [0.25, 0.3) is 0 Å². The van der Waals surface area contributed by atoms with Gasteiger partial charge in [-0.15, -0.1) is 0 Å². The fraction of sp³-hybridized carbons (Fsp3) is 0.846. The summed E-state index contributed by atoms with van der Waals surface area (Å²) < 4.78 is 0. The molecule has 0 aromatic rings. The van der Waals surface area contributed by atoms with Crippen LogP contribution in [0.1, 0.15) is 52.9 Å². The van der Waals surface area contributed by atoms with Crippen LogP contribution < -0.4 is 5.32 Å². The van der Waals surface area contributed by atoms with Crippen LogP contribution in [0.5, 0.6) is 0 Å². The van der Waals surface area contributed by atoms with E-state index >= 15 is 0 Å². The first-order valence-electron chi connectivity index (χ1n) is 6.40. The van der Waals surface area contributed by atoms with E-state index in [0.29, 0.717) is 19.4 Å². The number of hydrogen-bond donors (Lipinski definition) is 3. The summed E-state index contributed by atoms with van der Waals surface area (Å²) in [5.41, 5.74) is -0.0284. The van der Waals surface area contributed by atoms with Crippen LogP contribution >= 0.6 is 0 Å². The fourth-order valence-electron chi connectivity index (χ4n) is 1.71. The van der Waals surface area contributed by atoms with Crippen LogP contribution in [0.2, 0.25) is 0 Å². The molecule has 0 amide bonds. The zero-order valence-electron chi connectivity index (χ0n) is 11.5. The van der Waals surface area contributed by atoms with Crippen molar-refractivity contribution in [3.63, 3.8) is 0 Å². The van der Waals surface area contributed by atoms with E-state index in [-0.39, 0.29) is 11.8 Å². The van der Waals surface area contributed by atoms with Crippen molar-refractivity contribution in [2.75, 3.05) is 6.54 Å². The highest BCUT2D eigenvalue weighted by Gasteiger charge is 2.23. The molecule has 0 aliphatic heterocycles. The van der Waals surface area contributed by atoms with Crippen LogP contribution in [0.25, 0.3) is 0 Å². The lowest BCUT2D eigenvalue weighted by Gasteiger charge is -2.24. The molecule has 0 radical (unpaired) electrons. The number of carboxylic acid groups (broad SMARTS) is 2. The maximum absolute atomic E-state index is 11.0. The predicted octanol–water partition coefficient (Wildman–Crippen LogP) is 2.11. The van der Waals surface area contributed by atoms with Crippen LogP contribution in [0, 0.1) is 5.41 Å². The Bertz CT molecular complexity index is 271. The van der Waals surface area contributed by atoms with Crippen molar-refractivity contribution in [2.45, 2.75) is 58.9 Å². The van der Waals surface area contributed by atoms with Gasteiger partial charge in [0.15, 0.2) is 0 Å². The van der Waals surface area contributed by atoms with Crippen LogP contribution in [0.4, 0.5) is 0 Å². The van der Waals surface area contributed by atoms with Crippen LogP contribution in [0.15, 0.2) is 0 Å². The van der Waals surface area contributed by atoms with Gasteiger partial charge in [0.1, 0.15) is 6.04 Å². The van der Waals surface area contributed by atoms with E-state index in [1.54, 1.807) is 0 Å². The van der Waals surface area contributed by atoms with Gasteiger partial charge < -0.3 is 15.5 Å². The zero-order chi connectivity index (χ0) is 14.2. The number of aliphatic carboxylic acids is 2. The molecule has 0 spiro atoms. The lowest BCUT2D eigenvalue weighted by Crippen LogP contribution is -2.40. The Morgan fingerprint density at radius 1 is 1.11 bits per heavy atom. The van der Waals surface area contributed by atoms with Gasteiger partial charge in [-0.3, -0.25) is 9.59 Å². The molecule has 106 valence electrons. The normalized spacial score (nSPS) is 13.3. The molecule has 0 fully saturated rings. The van der Waals surface area contributed by atoms with Gasteiger partial charge in [-0.2, -0.15) is 0 Å². The summed E-state index contributed by atoms with van der Waals surface area (Å²) in [7, 11) is 0. The van der Waals surface area contributed by atoms with E-state index < -0.39 is 18.0 Å². The van der Waals surface area contributed by atoms with E-state index in [0.717, 1.165) is 12.8 Å². The quantitative estimate of drug-likeness (QED) is 0.552. The molecule has 0 aromatic heterocycles. The number of hydrogen-bond acceptors (Lipinski definition) is 3. The van der Waals surface area contributed by atoms with Crippen molar-refractivity contribution in [3.8, 4) is 0 Å². The van der Waals surface area contributed by atoms with Crippen molar-refractivity contribution in [1.82, 2.24) is 5.32 Å².